The average molecular weight is 263 g/mol. The standard InChI is InChI=1S/C13H22BN3O2/c1-16-6-5-15-12(16)9-17-7-10(3-2-4-14)11(8-17)13(18)19/h5-6,10-11H,2-4,7-9,14H2,1H3,(H,18,19)/t10-,11+/m0/s1. The highest BCUT2D eigenvalue weighted by Crippen LogP contribution is 2.28. The van der Waals surface area contributed by atoms with E-state index in [0.29, 0.717) is 6.54 Å². The first-order chi connectivity index (χ1) is 9.11. The van der Waals surface area contributed by atoms with Crippen LogP contribution in [-0.2, 0) is 18.4 Å². The lowest BCUT2D eigenvalue weighted by Crippen LogP contribution is -2.24. The van der Waals surface area contributed by atoms with Crippen molar-refractivity contribution in [2.24, 2.45) is 18.9 Å². The summed E-state index contributed by atoms with van der Waals surface area (Å²) in [6, 6.07) is 0. The van der Waals surface area contributed by atoms with Gasteiger partial charge in [-0.15, -0.1) is 0 Å². The Labute approximate surface area is 115 Å². The molecule has 6 heteroatoms. The second-order valence-corrected chi connectivity index (χ2v) is 5.50. The number of rotatable bonds is 6. The van der Waals surface area contributed by atoms with E-state index >= 15 is 0 Å². The van der Waals surface area contributed by atoms with Gasteiger partial charge in [0.1, 0.15) is 13.7 Å². The molecule has 104 valence electrons. The summed E-state index contributed by atoms with van der Waals surface area (Å²) in [4.78, 5) is 17.9. The molecule has 0 radical (unpaired) electrons. The van der Waals surface area contributed by atoms with Gasteiger partial charge in [-0.1, -0.05) is 12.7 Å². The van der Waals surface area contributed by atoms with Crippen LogP contribution in [0.3, 0.4) is 0 Å². The summed E-state index contributed by atoms with van der Waals surface area (Å²) < 4.78 is 2.00. The van der Waals surface area contributed by atoms with Crippen LogP contribution in [0.5, 0.6) is 0 Å². The highest BCUT2D eigenvalue weighted by molar-refractivity contribution is 6.08. The summed E-state index contributed by atoms with van der Waals surface area (Å²) in [6.45, 7) is 2.27. The smallest absolute Gasteiger partial charge is 0.308 e. The van der Waals surface area contributed by atoms with Gasteiger partial charge in [-0.2, -0.15) is 0 Å². The number of carbonyl (C=O) groups is 1. The predicted octanol–water partition coefficient (Wildman–Crippen LogP) is 0.384. The molecule has 1 aromatic heterocycles. The van der Waals surface area contributed by atoms with Crippen molar-refractivity contribution >= 4 is 13.8 Å². The third-order valence-corrected chi connectivity index (χ3v) is 4.05. The highest BCUT2D eigenvalue weighted by Gasteiger charge is 2.37. The van der Waals surface area contributed by atoms with Crippen molar-refractivity contribution < 1.29 is 9.90 Å². The van der Waals surface area contributed by atoms with E-state index in [-0.39, 0.29) is 11.8 Å². The lowest BCUT2D eigenvalue weighted by Gasteiger charge is -2.15. The molecule has 0 spiro atoms. The molecule has 0 bridgehead atoms. The Balaban J connectivity index is 1.97. The van der Waals surface area contributed by atoms with Crippen LogP contribution in [0.2, 0.25) is 6.32 Å². The summed E-state index contributed by atoms with van der Waals surface area (Å²) in [7, 11) is 4.12. The molecule has 19 heavy (non-hydrogen) atoms. The molecule has 0 aromatic carbocycles. The van der Waals surface area contributed by atoms with Gasteiger partial charge in [0.15, 0.2) is 0 Å². The number of hydrogen-bond donors (Lipinski definition) is 1. The third-order valence-electron chi connectivity index (χ3n) is 4.05. The van der Waals surface area contributed by atoms with Crippen molar-refractivity contribution in [3.63, 3.8) is 0 Å². The second-order valence-electron chi connectivity index (χ2n) is 5.50. The molecule has 2 rings (SSSR count). The van der Waals surface area contributed by atoms with Crippen LogP contribution in [0.1, 0.15) is 18.7 Å². The Morgan fingerprint density at radius 3 is 2.95 bits per heavy atom. The van der Waals surface area contributed by atoms with Crippen LogP contribution in [0.25, 0.3) is 0 Å². The average Bonchev–Trinajstić information content (AvgIpc) is 2.95. The Kier molecular flexibility index (Phi) is 4.63. The molecule has 1 aliphatic rings. The first-order valence-corrected chi connectivity index (χ1v) is 7.03. The maximum Gasteiger partial charge on any atom is 0.308 e. The minimum atomic E-state index is -0.650. The predicted molar refractivity (Wildman–Crippen MR) is 75.7 cm³/mol. The van der Waals surface area contributed by atoms with E-state index in [9.17, 15) is 9.90 Å². The Hall–Kier alpha value is -1.30. The molecule has 1 aromatic rings. The molecule has 0 unspecified atom stereocenters. The van der Waals surface area contributed by atoms with Gasteiger partial charge in [-0.25, -0.2) is 4.98 Å². The molecular weight excluding hydrogens is 241 g/mol. The maximum atomic E-state index is 11.3. The van der Waals surface area contributed by atoms with Crippen LogP contribution >= 0.6 is 0 Å². The van der Waals surface area contributed by atoms with E-state index in [4.69, 9.17) is 0 Å². The zero-order valence-corrected chi connectivity index (χ0v) is 11.7. The van der Waals surface area contributed by atoms with Crippen molar-refractivity contribution in [2.75, 3.05) is 13.1 Å². The van der Waals surface area contributed by atoms with Gasteiger partial charge in [0, 0.05) is 32.5 Å². The first kappa shape index (κ1) is 14.1. The summed E-state index contributed by atoms with van der Waals surface area (Å²) in [5.74, 6) is 0.424. The van der Waals surface area contributed by atoms with Gasteiger partial charge < -0.3 is 9.67 Å². The summed E-state index contributed by atoms with van der Waals surface area (Å²) in [5, 5.41) is 9.33. The number of imidazole rings is 1. The SMILES string of the molecule is BCCC[C@H]1CN(Cc2nccn2C)C[C@H]1C(=O)O. The van der Waals surface area contributed by atoms with Crippen molar-refractivity contribution in [1.82, 2.24) is 14.5 Å². The number of carboxylic acid groups (broad SMARTS) is 1. The van der Waals surface area contributed by atoms with E-state index in [1.54, 1.807) is 6.20 Å². The monoisotopic (exact) mass is 263 g/mol. The van der Waals surface area contributed by atoms with Gasteiger partial charge in [0.05, 0.1) is 12.5 Å². The van der Waals surface area contributed by atoms with Crippen molar-refractivity contribution in [3.05, 3.63) is 18.2 Å². The number of nitrogens with zero attached hydrogens (tertiary/aromatic N) is 3. The molecule has 1 fully saturated rings. The summed E-state index contributed by atoms with van der Waals surface area (Å²) in [6.07, 6.45) is 6.97. The lowest BCUT2D eigenvalue weighted by molar-refractivity contribution is -0.142. The number of likely N-dealkylation sites (tertiary alicyclic amines) is 1. The largest absolute Gasteiger partial charge is 0.481 e. The normalized spacial score (nSPS) is 23.8. The van der Waals surface area contributed by atoms with Gasteiger partial charge in [-0.3, -0.25) is 9.69 Å². The fourth-order valence-corrected chi connectivity index (χ4v) is 2.88. The molecule has 0 aliphatic carbocycles. The van der Waals surface area contributed by atoms with Crippen LogP contribution < -0.4 is 0 Å². The Morgan fingerprint density at radius 1 is 1.58 bits per heavy atom. The van der Waals surface area contributed by atoms with Gasteiger partial charge in [0.25, 0.3) is 0 Å². The molecule has 2 atom stereocenters. The van der Waals surface area contributed by atoms with E-state index in [1.165, 1.54) is 0 Å². The fraction of sp³-hybridized carbons (Fsp3) is 0.692. The van der Waals surface area contributed by atoms with Crippen LogP contribution in [0.4, 0.5) is 0 Å². The number of aromatic nitrogens is 2. The number of hydrogen-bond acceptors (Lipinski definition) is 3. The number of aryl methyl sites for hydroxylation is 1. The third kappa shape index (κ3) is 3.38. The molecule has 2 heterocycles. The van der Waals surface area contributed by atoms with E-state index in [0.717, 1.165) is 38.1 Å². The Morgan fingerprint density at radius 2 is 2.37 bits per heavy atom. The number of carboxylic acids is 1. The minimum Gasteiger partial charge on any atom is -0.481 e. The summed E-state index contributed by atoms with van der Waals surface area (Å²) in [5.41, 5.74) is 0. The minimum absolute atomic E-state index is 0.216. The van der Waals surface area contributed by atoms with Crippen molar-refractivity contribution in [2.45, 2.75) is 25.7 Å². The zero-order valence-electron chi connectivity index (χ0n) is 11.7. The topological polar surface area (TPSA) is 58.4 Å². The van der Waals surface area contributed by atoms with E-state index < -0.39 is 5.97 Å². The van der Waals surface area contributed by atoms with Crippen LogP contribution in [0.15, 0.2) is 12.4 Å². The molecule has 1 N–H and O–H groups in total. The van der Waals surface area contributed by atoms with Crippen molar-refractivity contribution in [1.29, 1.82) is 0 Å². The quantitative estimate of drug-likeness (QED) is 0.754. The zero-order chi connectivity index (χ0) is 13.8. The first-order valence-electron chi connectivity index (χ1n) is 7.03. The van der Waals surface area contributed by atoms with Gasteiger partial charge in [-0.05, 0) is 12.3 Å². The maximum absolute atomic E-state index is 11.3. The molecule has 1 saturated heterocycles. The Bertz CT molecular complexity index is 435. The van der Waals surface area contributed by atoms with E-state index in [1.807, 2.05) is 17.8 Å². The molecule has 0 saturated carbocycles. The van der Waals surface area contributed by atoms with E-state index in [2.05, 4.69) is 17.7 Å². The highest BCUT2D eigenvalue weighted by atomic mass is 16.4. The molecular formula is C13H22BN3O2. The van der Waals surface area contributed by atoms with Crippen molar-refractivity contribution in [3.8, 4) is 0 Å². The number of aliphatic carboxylic acids is 1. The molecule has 1 aliphatic heterocycles. The fourth-order valence-electron chi connectivity index (χ4n) is 2.88. The van der Waals surface area contributed by atoms with Gasteiger partial charge in [0.2, 0.25) is 0 Å². The summed E-state index contributed by atoms with van der Waals surface area (Å²) >= 11 is 0. The molecule has 0 amide bonds. The lowest BCUT2D eigenvalue weighted by atomic mass is 9.88. The second kappa shape index (κ2) is 6.24. The molecule has 5 nitrogen and oxygen atoms in total. The van der Waals surface area contributed by atoms with Crippen LogP contribution in [0, 0.1) is 11.8 Å². The van der Waals surface area contributed by atoms with Crippen LogP contribution in [-0.4, -0.2) is 46.5 Å². The van der Waals surface area contributed by atoms with Gasteiger partial charge >= 0.3 is 5.97 Å².